The summed E-state index contributed by atoms with van der Waals surface area (Å²) < 4.78 is 76.9. The number of aromatic nitrogens is 2. The smallest absolute Gasteiger partial charge is 0.390 e. The Morgan fingerprint density at radius 2 is 1.67 bits per heavy atom. The quantitative estimate of drug-likeness (QED) is 0.178. The second-order valence-electron chi connectivity index (χ2n) is 6.63. The Balaban J connectivity index is 2.16. The van der Waals surface area contributed by atoms with Crippen molar-refractivity contribution in [3.8, 4) is 11.8 Å². The Bertz CT molecular complexity index is 1230. The van der Waals surface area contributed by atoms with Crippen molar-refractivity contribution in [1.82, 2.24) is 9.55 Å². The van der Waals surface area contributed by atoms with Gasteiger partial charge < -0.3 is 9.84 Å². The fourth-order valence-corrected chi connectivity index (χ4v) is 7.23. The first-order valence-corrected chi connectivity index (χ1v) is 14.8. The zero-order chi connectivity index (χ0) is 27.1. The molecule has 1 aromatic rings. The maximum absolute atomic E-state index is 12.8. The predicted molar refractivity (Wildman–Crippen MR) is 126 cm³/mol. The molecular weight excluding hydrogens is 569 g/mol. The van der Waals surface area contributed by atoms with Crippen LogP contribution in [0.15, 0.2) is 15.8 Å². The van der Waals surface area contributed by atoms with E-state index in [4.69, 9.17) is 13.6 Å². The van der Waals surface area contributed by atoms with Gasteiger partial charge in [-0.2, -0.15) is 21.3 Å². The Morgan fingerprint density at radius 3 is 2.22 bits per heavy atom. The highest BCUT2D eigenvalue weighted by Gasteiger charge is 2.46. The van der Waals surface area contributed by atoms with E-state index in [-0.39, 0.29) is 17.7 Å². The number of aromatic amines is 1. The molecular formula is C16H25N2O14P3S. The molecule has 5 atom stereocenters. The van der Waals surface area contributed by atoms with Gasteiger partial charge in [-0.05, 0) is 0 Å². The van der Waals surface area contributed by atoms with Gasteiger partial charge in [-0.1, -0.05) is 11.8 Å². The molecule has 204 valence electrons. The number of aliphatic hydroxyl groups excluding tert-OH is 1. The maximum atomic E-state index is 12.8. The standard InChI is InChI=1S/C16H25N2O14P3S/c1-25-33(22,26-2)31-35(24,28-4)32-34(23,27-3)29-10-13-12(19)8-14(30-13)18-9-11(6-5-7-36)15(20)17-16(18)21/h9,12-14,19,36H,7-8,10H2,1-4H3,(H,17,20,21)/t12?,13-,14-,34?,35?/m1/s1. The van der Waals surface area contributed by atoms with E-state index in [1.54, 1.807) is 0 Å². The van der Waals surface area contributed by atoms with Crippen LogP contribution in [-0.2, 0) is 49.7 Å². The lowest BCUT2D eigenvalue weighted by molar-refractivity contribution is -0.0457. The molecule has 0 spiro atoms. The molecule has 3 unspecified atom stereocenters. The molecule has 0 bridgehead atoms. The Labute approximate surface area is 210 Å². The number of rotatable bonds is 12. The normalized spacial score (nSPS) is 23.4. The molecule has 36 heavy (non-hydrogen) atoms. The van der Waals surface area contributed by atoms with Gasteiger partial charge in [-0.25, -0.2) is 18.5 Å². The first-order valence-electron chi connectivity index (χ1n) is 9.76. The van der Waals surface area contributed by atoms with Crippen LogP contribution in [0.5, 0.6) is 0 Å². The molecule has 1 aromatic heterocycles. The van der Waals surface area contributed by atoms with E-state index in [1.807, 2.05) is 0 Å². The van der Waals surface area contributed by atoms with Crippen LogP contribution in [0.25, 0.3) is 0 Å². The number of H-pyrrole nitrogens is 1. The highest BCUT2D eigenvalue weighted by molar-refractivity contribution is 7.80. The van der Waals surface area contributed by atoms with Crippen LogP contribution in [0.4, 0.5) is 0 Å². The molecule has 1 aliphatic rings. The molecule has 0 radical (unpaired) electrons. The number of phosphoric acid groups is 3. The molecule has 0 saturated carbocycles. The Morgan fingerprint density at radius 1 is 1.08 bits per heavy atom. The molecule has 2 heterocycles. The molecule has 0 amide bonds. The first kappa shape index (κ1) is 31.1. The van der Waals surface area contributed by atoms with Gasteiger partial charge in [0.25, 0.3) is 5.56 Å². The average molecular weight is 594 g/mol. The monoisotopic (exact) mass is 594 g/mol. The molecule has 1 saturated heterocycles. The molecule has 0 aliphatic carbocycles. The summed E-state index contributed by atoms with van der Waals surface area (Å²) in [5.41, 5.74) is -1.56. The number of hydrogen-bond acceptors (Lipinski definition) is 15. The number of nitrogens with one attached hydrogen (secondary N) is 1. The number of nitrogens with zero attached hydrogens (tertiary/aromatic N) is 1. The van der Waals surface area contributed by atoms with E-state index in [2.05, 4.69) is 51.9 Å². The van der Waals surface area contributed by atoms with Crippen LogP contribution in [0.3, 0.4) is 0 Å². The zero-order valence-electron chi connectivity index (χ0n) is 19.4. The lowest BCUT2D eigenvalue weighted by Crippen LogP contribution is -2.33. The van der Waals surface area contributed by atoms with E-state index in [0.717, 1.165) is 39.2 Å². The van der Waals surface area contributed by atoms with E-state index >= 15 is 0 Å². The van der Waals surface area contributed by atoms with Crippen LogP contribution >= 0.6 is 36.1 Å². The van der Waals surface area contributed by atoms with Crippen LogP contribution in [0.1, 0.15) is 18.2 Å². The summed E-state index contributed by atoms with van der Waals surface area (Å²) >= 11 is 3.93. The van der Waals surface area contributed by atoms with Crippen LogP contribution in [0, 0.1) is 11.8 Å². The van der Waals surface area contributed by atoms with Gasteiger partial charge in [-0.15, -0.1) is 0 Å². The minimum Gasteiger partial charge on any atom is -0.390 e. The summed E-state index contributed by atoms with van der Waals surface area (Å²) in [5, 5.41) is 10.4. The lowest BCUT2D eigenvalue weighted by Gasteiger charge is -2.24. The van der Waals surface area contributed by atoms with Crippen molar-refractivity contribution in [2.75, 3.05) is 40.8 Å². The largest absolute Gasteiger partial charge is 0.492 e. The summed E-state index contributed by atoms with van der Waals surface area (Å²) in [5.74, 6) is 5.31. The average Bonchev–Trinajstić information content (AvgIpc) is 3.22. The third-order valence-electron chi connectivity index (χ3n) is 4.48. The number of phosphoric ester groups is 2. The third-order valence-corrected chi connectivity index (χ3v) is 10.1. The highest BCUT2D eigenvalue weighted by Crippen LogP contribution is 2.72. The summed E-state index contributed by atoms with van der Waals surface area (Å²) in [7, 11) is -10.5. The summed E-state index contributed by atoms with van der Waals surface area (Å²) in [6, 6.07) is 0. The molecule has 1 fully saturated rings. The molecule has 20 heteroatoms. The van der Waals surface area contributed by atoms with Crippen LogP contribution in [0.2, 0.25) is 0 Å². The van der Waals surface area contributed by atoms with Gasteiger partial charge in [0.1, 0.15) is 17.9 Å². The molecule has 1 aliphatic heterocycles. The summed E-state index contributed by atoms with van der Waals surface area (Å²) in [4.78, 5) is 26.3. The first-order chi connectivity index (χ1) is 16.9. The van der Waals surface area contributed by atoms with Crippen molar-refractivity contribution in [3.63, 3.8) is 0 Å². The van der Waals surface area contributed by atoms with Crippen molar-refractivity contribution >= 4 is 36.1 Å². The number of thiol groups is 1. The molecule has 2 N–H and O–H groups in total. The van der Waals surface area contributed by atoms with Gasteiger partial charge in [0, 0.05) is 41.1 Å². The number of ether oxygens (including phenoxy) is 1. The summed E-state index contributed by atoms with van der Waals surface area (Å²) in [6.07, 6.45) is -2.43. The Hall–Kier alpha value is -1.08. The fourth-order valence-electron chi connectivity index (χ4n) is 2.70. The maximum Gasteiger partial charge on any atom is 0.492 e. The molecule has 0 aromatic carbocycles. The number of hydrogen-bond donors (Lipinski definition) is 3. The van der Waals surface area contributed by atoms with E-state index < -0.39 is 59.8 Å². The van der Waals surface area contributed by atoms with Gasteiger partial charge >= 0.3 is 29.2 Å². The molecule has 16 nitrogen and oxygen atoms in total. The van der Waals surface area contributed by atoms with Gasteiger partial charge in [0.2, 0.25) is 0 Å². The lowest BCUT2D eigenvalue weighted by atomic mass is 10.2. The highest BCUT2D eigenvalue weighted by atomic mass is 32.1. The number of aliphatic hydroxyl groups is 1. The van der Waals surface area contributed by atoms with E-state index in [0.29, 0.717) is 0 Å². The van der Waals surface area contributed by atoms with Crippen molar-refractivity contribution < 1.29 is 54.8 Å². The minimum atomic E-state index is -4.88. The van der Waals surface area contributed by atoms with E-state index in [9.17, 15) is 28.4 Å². The Kier molecular flexibility index (Phi) is 11.4. The van der Waals surface area contributed by atoms with E-state index in [1.165, 1.54) is 0 Å². The molecule has 2 rings (SSSR count). The van der Waals surface area contributed by atoms with Gasteiger partial charge in [0.05, 0.1) is 18.5 Å². The SMILES string of the molecule is COP(=O)(OC)OP(=O)(OC)OP(=O)(OC)OC[C@H]1O[C@@H](n2cc(C#CCS)c(=O)[nH]c2=O)CC1O. The zero-order valence-corrected chi connectivity index (χ0v) is 23.0. The van der Waals surface area contributed by atoms with Crippen LogP contribution in [-0.4, -0.2) is 67.7 Å². The van der Waals surface area contributed by atoms with Gasteiger partial charge in [-0.3, -0.25) is 37.0 Å². The second kappa shape index (κ2) is 13.1. The third kappa shape index (κ3) is 7.96. The minimum absolute atomic E-state index is 0.0292. The van der Waals surface area contributed by atoms with Crippen molar-refractivity contribution in [1.29, 1.82) is 0 Å². The second-order valence-corrected chi connectivity index (χ2v) is 12.7. The van der Waals surface area contributed by atoms with Crippen molar-refractivity contribution in [3.05, 3.63) is 32.6 Å². The fraction of sp³-hybridized carbons (Fsp3) is 0.625. The predicted octanol–water partition coefficient (Wildman–Crippen LogP) is 1.43. The van der Waals surface area contributed by atoms with Crippen molar-refractivity contribution in [2.45, 2.75) is 24.9 Å². The van der Waals surface area contributed by atoms with Crippen molar-refractivity contribution in [2.24, 2.45) is 0 Å². The van der Waals surface area contributed by atoms with Crippen LogP contribution < -0.4 is 11.2 Å². The topological polar surface area (TPSA) is 200 Å². The van der Waals surface area contributed by atoms with Gasteiger partial charge in [0.15, 0.2) is 0 Å². The summed E-state index contributed by atoms with van der Waals surface area (Å²) in [6.45, 7) is -0.650.